The van der Waals surface area contributed by atoms with Gasteiger partial charge < -0.3 is 14.2 Å². The van der Waals surface area contributed by atoms with Crippen LogP contribution in [0.2, 0.25) is 10.0 Å². The first-order valence-electron chi connectivity index (χ1n) is 10.3. The maximum Gasteiger partial charge on any atom is 0.276 e. The van der Waals surface area contributed by atoms with Crippen LogP contribution in [-0.2, 0) is 4.79 Å². The molecule has 2 amide bonds. The van der Waals surface area contributed by atoms with Crippen LogP contribution in [0, 0.1) is 0 Å². The molecule has 0 unspecified atom stereocenters. The lowest BCUT2D eigenvalue weighted by molar-refractivity contribution is -0.123. The van der Waals surface area contributed by atoms with Crippen molar-refractivity contribution in [2.75, 3.05) is 19.8 Å². The molecule has 0 radical (unpaired) electrons. The van der Waals surface area contributed by atoms with E-state index in [1.54, 1.807) is 36.4 Å². The van der Waals surface area contributed by atoms with E-state index in [4.69, 9.17) is 49.6 Å². The van der Waals surface area contributed by atoms with Gasteiger partial charge in [0.1, 0.15) is 30.5 Å². The minimum absolute atomic E-state index is 0.0914. The van der Waals surface area contributed by atoms with Crippen molar-refractivity contribution >= 4 is 52.3 Å². The SMILES string of the molecule is O=C(COc1ccc(Cl)cc1Cl)NNC(=S)NC(=O)c1ccc(OCCOc2ccccc2)cc1. The molecule has 11 heteroatoms. The Morgan fingerprint density at radius 1 is 0.800 bits per heavy atom. The highest BCUT2D eigenvalue weighted by Crippen LogP contribution is 2.27. The quantitative estimate of drug-likeness (QED) is 0.216. The van der Waals surface area contributed by atoms with Gasteiger partial charge in [-0.25, -0.2) is 0 Å². The smallest absolute Gasteiger partial charge is 0.276 e. The van der Waals surface area contributed by atoms with Gasteiger partial charge in [-0.05, 0) is 66.8 Å². The average Bonchev–Trinajstić information content (AvgIpc) is 2.86. The molecule has 3 N–H and O–H groups in total. The van der Waals surface area contributed by atoms with Crippen molar-refractivity contribution in [2.45, 2.75) is 0 Å². The van der Waals surface area contributed by atoms with Crippen molar-refractivity contribution in [2.24, 2.45) is 0 Å². The van der Waals surface area contributed by atoms with Gasteiger partial charge >= 0.3 is 0 Å². The molecule has 35 heavy (non-hydrogen) atoms. The second-order valence-corrected chi connectivity index (χ2v) is 8.11. The van der Waals surface area contributed by atoms with Crippen LogP contribution in [0.3, 0.4) is 0 Å². The second kappa shape index (κ2) is 13.4. The molecule has 3 rings (SSSR count). The molecule has 8 nitrogen and oxygen atoms in total. The van der Waals surface area contributed by atoms with Crippen LogP contribution in [-0.4, -0.2) is 36.7 Å². The molecular formula is C24H21Cl2N3O5S. The fourth-order valence-corrected chi connectivity index (χ4v) is 3.25. The number of ether oxygens (including phenoxy) is 3. The number of benzene rings is 3. The topological polar surface area (TPSA) is 97.9 Å². The molecule has 182 valence electrons. The van der Waals surface area contributed by atoms with Gasteiger partial charge in [0.15, 0.2) is 11.7 Å². The van der Waals surface area contributed by atoms with Crippen LogP contribution in [0.5, 0.6) is 17.2 Å². The number of thiocarbonyl (C=S) groups is 1. The summed E-state index contributed by atoms with van der Waals surface area (Å²) in [6.07, 6.45) is 0. The first-order chi connectivity index (χ1) is 16.9. The molecule has 0 aliphatic rings. The van der Waals surface area contributed by atoms with Gasteiger partial charge in [-0.3, -0.25) is 25.8 Å². The van der Waals surface area contributed by atoms with Crippen molar-refractivity contribution in [3.05, 3.63) is 88.4 Å². The van der Waals surface area contributed by atoms with Gasteiger partial charge in [-0.15, -0.1) is 0 Å². The standard InChI is InChI=1S/C24H21Cl2N3O5S/c25-17-8-11-21(20(26)14-17)34-15-22(30)28-29-24(35)27-23(31)16-6-9-19(10-7-16)33-13-12-32-18-4-2-1-3-5-18/h1-11,14H,12-13,15H2,(H,28,30)(H2,27,29,31,35). The molecule has 3 aromatic carbocycles. The predicted octanol–water partition coefficient (Wildman–Crippen LogP) is 4.17. The van der Waals surface area contributed by atoms with E-state index >= 15 is 0 Å². The Labute approximate surface area is 217 Å². The van der Waals surface area contributed by atoms with Crippen LogP contribution in [0.25, 0.3) is 0 Å². The summed E-state index contributed by atoms with van der Waals surface area (Å²) in [6.45, 7) is 0.403. The molecule has 0 spiro atoms. The van der Waals surface area contributed by atoms with Crippen LogP contribution in [0.15, 0.2) is 72.8 Å². The molecule has 0 saturated heterocycles. The zero-order valence-electron chi connectivity index (χ0n) is 18.3. The zero-order valence-corrected chi connectivity index (χ0v) is 20.6. The third-order valence-electron chi connectivity index (χ3n) is 4.28. The van der Waals surface area contributed by atoms with Crippen LogP contribution in [0.1, 0.15) is 10.4 Å². The molecular weight excluding hydrogens is 513 g/mol. The lowest BCUT2D eigenvalue weighted by atomic mass is 10.2. The Balaban J connectivity index is 1.34. The number of hydrogen-bond acceptors (Lipinski definition) is 6. The summed E-state index contributed by atoms with van der Waals surface area (Å²) in [4.78, 5) is 24.3. The van der Waals surface area contributed by atoms with Gasteiger partial charge in [0.05, 0.1) is 5.02 Å². The molecule has 0 aromatic heterocycles. The summed E-state index contributed by atoms with van der Waals surface area (Å²) in [5, 5.41) is 3.09. The van der Waals surface area contributed by atoms with Crippen molar-refractivity contribution in [3.8, 4) is 17.2 Å². The van der Waals surface area contributed by atoms with Crippen molar-refractivity contribution in [1.82, 2.24) is 16.2 Å². The maximum absolute atomic E-state index is 12.3. The maximum atomic E-state index is 12.3. The molecule has 0 saturated carbocycles. The molecule has 0 atom stereocenters. The van der Waals surface area contributed by atoms with E-state index in [0.717, 1.165) is 5.75 Å². The van der Waals surface area contributed by atoms with Crippen molar-refractivity contribution in [3.63, 3.8) is 0 Å². The van der Waals surface area contributed by atoms with Crippen LogP contribution in [0.4, 0.5) is 0 Å². The summed E-state index contributed by atoms with van der Waals surface area (Å²) >= 11 is 16.8. The number of para-hydroxylation sites is 1. The van der Waals surface area contributed by atoms with Gasteiger partial charge in [-0.1, -0.05) is 41.4 Å². The fraction of sp³-hybridized carbons (Fsp3) is 0.125. The van der Waals surface area contributed by atoms with E-state index in [2.05, 4.69) is 16.2 Å². The third-order valence-corrected chi connectivity index (χ3v) is 5.01. The monoisotopic (exact) mass is 533 g/mol. The summed E-state index contributed by atoms with van der Waals surface area (Å²) in [7, 11) is 0. The Bertz CT molecular complexity index is 1160. The highest BCUT2D eigenvalue weighted by atomic mass is 35.5. The highest BCUT2D eigenvalue weighted by molar-refractivity contribution is 7.80. The molecule has 0 bridgehead atoms. The first-order valence-corrected chi connectivity index (χ1v) is 11.5. The predicted molar refractivity (Wildman–Crippen MR) is 137 cm³/mol. The zero-order chi connectivity index (χ0) is 25.0. The number of hydrazine groups is 1. The van der Waals surface area contributed by atoms with E-state index in [1.807, 2.05) is 30.3 Å². The van der Waals surface area contributed by atoms with Crippen molar-refractivity contribution in [1.29, 1.82) is 0 Å². The molecule has 0 aliphatic carbocycles. The number of carbonyl (C=O) groups excluding carboxylic acids is 2. The molecule has 0 fully saturated rings. The molecule has 3 aromatic rings. The number of carbonyl (C=O) groups is 2. The minimum Gasteiger partial charge on any atom is -0.490 e. The van der Waals surface area contributed by atoms with Gasteiger partial charge in [-0.2, -0.15) is 0 Å². The number of amides is 2. The number of rotatable bonds is 9. The van der Waals surface area contributed by atoms with Crippen LogP contribution < -0.4 is 30.4 Å². The molecule has 0 aliphatic heterocycles. The highest BCUT2D eigenvalue weighted by Gasteiger charge is 2.10. The first kappa shape index (κ1) is 26.1. The van der Waals surface area contributed by atoms with E-state index in [-0.39, 0.29) is 16.7 Å². The lowest BCUT2D eigenvalue weighted by Gasteiger charge is -2.12. The Morgan fingerprint density at radius 3 is 2.11 bits per heavy atom. The minimum atomic E-state index is -0.537. The van der Waals surface area contributed by atoms with E-state index < -0.39 is 11.8 Å². The van der Waals surface area contributed by atoms with Crippen molar-refractivity contribution < 1.29 is 23.8 Å². The van der Waals surface area contributed by atoms with E-state index in [1.165, 1.54) is 6.07 Å². The third kappa shape index (κ3) is 8.97. The average molecular weight is 534 g/mol. The van der Waals surface area contributed by atoms with Gasteiger partial charge in [0.25, 0.3) is 11.8 Å². The normalized spacial score (nSPS) is 10.1. The lowest BCUT2D eigenvalue weighted by Crippen LogP contribution is -2.49. The van der Waals surface area contributed by atoms with Gasteiger partial charge in [0.2, 0.25) is 0 Å². The Kier molecular flexibility index (Phi) is 9.97. The summed E-state index contributed by atoms with van der Waals surface area (Å²) in [6, 6.07) is 20.6. The largest absolute Gasteiger partial charge is 0.490 e. The van der Waals surface area contributed by atoms with E-state index in [0.29, 0.717) is 35.3 Å². The number of halogens is 2. The molecule has 0 heterocycles. The van der Waals surface area contributed by atoms with Gasteiger partial charge in [0, 0.05) is 10.6 Å². The van der Waals surface area contributed by atoms with E-state index in [9.17, 15) is 9.59 Å². The Morgan fingerprint density at radius 2 is 1.46 bits per heavy atom. The Hall–Kier alpha value is -3.53. The second-order valence-electron chi connectivity index (χ2n) is 6.85. The number of nitrogens with one attached hydrogen (secondary N) is 3. The summed E-state index contributed by atoms with van der Waals surface area (Å²) < 4.78 is 16.5. The number of hydrogen-bond donors (Lipinski definition) is 3. The summed E-state index contributed by atoms with van der Waals surface area (Å²) in [5.74, 6) is 0.665. The summed E-state index contributed by atoms with van der Waals surface area (Å²) in [5.41, 5.74) is 5.10. The van der Waals surface area contributed by atoms with Crippen LogP contribution >= 0.6 is 35.4 Å². The fourth-order valence-electron chi connectivity index (χ4n) is 2.64.